The zero-order valence-electron chi connectivity index (χ0n) is 14.7. The highest BCUT2D eigenvalue weighted by Gasteiger charge is 2.63. The molecule has 0 aromatic carbocycles. The second-order valence-electron chi connectivity index (χ2n) is 7.78. The molecule has 25 heavy (non-hydrogen) atoms. The number of H-pyrrole nitrogens is 1. The van der Waals surface area contributed by atoms with Crippen molar-refractivity contribution in [2.24, 2.45) is 11.8 Å². The van der Waals surface area contributed by atoms with E-state index < -0.39 is 0 Å². The van der Waals surface area contributed by atoms with Crippen LogP contribution in [-0.4, -0.2) is 31.3 Å². The Morgan fingerprint density at radius 1 is 1.12 bits per heavy atom. The third-order valence-corrected chi connectivity index (χ3v) is 6.22. The van der Waals surface area contributed by atoms with Gasteiger partial charge in [0.15, 0.2) is 5.65 Å². The number of ether oxygens (including phenoxy) is 1. The summed E-state index contributed by atoms with van der Waals surface area (Å²) < 4.78 is 8.77. The van der Waals surface area contributed by atoms with Gasteiger partial charge in [-0.1, -0.05) is 13.8 Å². The summed E-state index contributed by atoms with van der Waals surface area (Å²) in [6.45, 7) is 5.02. The maximum atomic E-state index is 12.8. The molecule has 5 atom stereocenters. The van der Waals surface area contributed by atoms with Crippen LogP contribution in [-0.2, 0) is 17.8 Å². The molecule has 134 valence electrons. The predicted octanol–water partition coefficient (Wildman–Crippen LogP) is 1.60. The average molecular weight is 344 g/mol. The summed E-state index contributed by atoms with van der Waals surface area (Å²) in [7, 11) is 0. The van der Waals surface area contributed by atoms with Crippen molar-refractivity contribution in [3.8, 4) is 0 Å². The minimum atomic E-state index is -0.239. The Morgan fingerprint density at radius 3 is 2.56 bits per heavy atom. The maximum Gasteiger partial charge on any atom is 0.332 e. The molecule has 7 nitrogen and oxygen atoms in total. The standard InChI is InChI=1S/C18H24N4O3/c1-3-5-21-16-12(17(23)22(6-4-2)18(21)24)19-15(20-16)11-8-9-7-10(11)14-13(9)25-14/h9-11,13-14H,3-8H2,1-2H3,(H,19,20)/t9?,10?,11-,13?,14?/m0/s1. The number of hydrogen-bond acceptors (Lipinski definition) is 4. The van der Waals surface area contributed by atoms with Crippen LogP contribution in [0.3, 0.4) is 0 Å². The van der Waals surface area contributed by atoms with E-state index in [0.29, 0.717) is 54.2 Å². The first-order valence-corrected chi connectivity index (χ1v) is 9.52. The summed E-state index contributed by atoms with van der Waals surface area (Å²) in [4.78, 5) is 33.6. The van der Waals surface area contributed by atoms with E-state index in [1.807, 2.05) is 13.8 Å². The zero-order chi connectivity index (χ0) is 17.3. The number of rotatable bonds is 5. The van der Waals surface area contributed by atoms with Gasteiger partial charge in [-0.25, -0.2) is 9.78 Å². The predicted molar refractivity (Wildman–Crippen MR) is 92.8 cm³/mol. The van der Waals surface area contributed by atoms with Crippen LogP contribution >= 0.6 is 0 Å². The molecule has 1 aliphatic heterocycles. The summed E-state index contributed by atoms with van der Waals surface area (Å²) in [5.74, 6) is 2.35. The fraction of sp³-hybridized carbons (Fsp3) is 0.722. The topological polar surface area (TPSA) is 85.2 Å². The SMILES string of the molecule is CCCn1c(=O)c2[nH]c([C@H]3CC4CC3C3OC43)nc2n(CCC)c1=O. The summed E-state index contributed by atoms with van der Waals surface area (Å²) >= 11 is 0. The third-order valence-electron chi connectivity index (χ3n) is 6.22. The van der Waals surface area contributed by atoms with Crippen molar-refractivity contribution in [3.05, 3.63) is 26.7 Å². The number of hydrogen-bond donors (Lipinski definition) is 1. The molecule has 2 saturated carbocycles. The van der Waals surface area contributed by atoms with Crippen molar-refractivity contribution in [1.82, 2.24) is 19.1 Å². The van der Waals surface area contributed by atoms with E-state index in [9.17, 15) is 9.59 Å². The summed E-state index contributed by atoms with van der Waals surface area (Å²) in [6, 6.07) is 0. The molecule has 5 rings (SSSR count). The minimum Gasteiger partial charge on any atom is -0.369 e. The Labute approximate surface area is 145 Å². The van der Waals surface area contributed by atoms with Gasteiger partial charge in [0.2, 0.25) is 0 Å². The van der Waals surface area contributed by atoms with Gasteiger partial charge in [-0.05, 0) is 37.5 Å². The summed E-state index contributed by atoms with van der Waals surface area (Å²) in [6.07, 6.45) is 4.73. The van der Waals surface area contributed by atoms with Crippen molar-refractivity contribution < 1.29 is 4.74 Å². The fourth-order valence-electron chi connectivity index (χ4n) is 5.12. The highest BCUT2D eigenvalue weighted by Crippen LogP contribution is 2.61. The van der Waals surface area contributed by atoms with Crippen LogP contribution in [0.4, 0.5) is 0 Å². The number of epoxide rings is 1. The Bertz CT molecular complexity index is 956. The lowest BCUT2D eigenvalue weighted by Gasteiger charge is -2.16. The Kier molecular flexibility index (Phi) is 3.26. The number of nitrogens with zero attached hydrogens (tertiary/aromatic N) is 3. The molecule has 2 aromatic rings. The lowest BCUT2D eigenvalue weighted by molar-refractivity contribution is 0.260. The average Bonchev–Trinajstić information content (AvgIpc) is 2.99. The van der Waals surface area contributed by atoms with Gasteiger partial charge in [-0.15, -0.1) is 0 Å². The van der Waals surface area contributed by atoms with Crippen molar-refractivity contribution >= 4 is 11.2 Å². The van der Waals surface area contributed by atoms with E-state index in [-0.39, 0.29) is 11.2 Å². The minimum absolute atomic E-state index is 0.238. The largest absolute Gasteiger partial charge is 0.369 e. The smallest absolute Gasteiger partial charge is 0.332 e. The van der Waals surface area contributed by atoms with E-state index in [1.54, 1.807) is 4.57 Å². The Balaban J connectivity index is 1.65. The van der Waals surface area contributed by atoms with E-state index >= 15 is 0 Å². The molecule has 2 aromatic heterocycles. The number of nitrogens with one attached hydrogen (secondary N) is 1. The molecule has 4 unspecified atom stereocenters. The van der Waals surface area contributed by atoms with Crippen LogP contribution in [0.5, 0.6) is 0 Å². The number of aryl methyl sites for hydroxylation is 1. The number of imidazole rings is 1. The molecule has 3 aliphatic rings. The molecule has 0 radical (unpaired) electrons. The Hall–Kier alpha value is -1.89. The van der Waals surface area contributed by atoms with E-state index in [2.05, 4.69) is 4.98 Å². The monoisotopic (exact) mass is 344 g/mol. The van der Waals surface area contributed by atoms with Crippen LogP contribution in [0, 0.1) is 11.8 Å². The van der Waals surface area contributed by atoms with Crippen molar-refractivity contribution in [3.63, 3.8) is 0 Å². The Morgan fingerprint density at radius 2 is 1.88 bits per heavy atom. The molecule has 2 aliphatic carbocycles. The third kappa shape index (κ3) is 2.05. The van der Waals surface area contributed by atoms with Crippen LogP contribution in [0.25, 0.3) is 11.2 Å². The normalized spacial score (nSPS) is 32.5. The molecule has 7 heteroatoms. The molecular weight excluding hydrogens is 320 g/mol. The highest BCUT2D eigenvalue weighted by molar-refractivity contribution is 5.70. The van der Waals surface area contributed by atoms with Crippen LogP contribution in [0.2, 0.25) is 0 Å². The number of aromatic nitrogens is 4. The zero-order valence-corrected chi connectivity index (χ0v) is 14.7. The lowest BCUT2D eigenvalue weighted by Crippen LogP contribution is -2.40. The number of fused-ring (bicyclic) bond motifs is 6. The summed E-state index contributed by atoms with van der Waals surface area (Å²) in [5.41, 5.74) is 0.525. The second-order valence-corrected chi connectivity index (χ2v) is 7.78. The van der Waals surface area contributed by atoms with E-state index in [1.165, 1.54) is 11.0 Å². The highest BCUT2D eigenvalue weighted by atomic mass is 16.6. The maximum absolute atomic E-state index is 12.8. The molecular formula is C18H24N4O3. The van der Waals surface area contributed by atoms with Gasteiger partial charge in [0.1, 0.15) is 11.3 Å². The van der Waals surface area contributed by atoms with Crippen molar-refractivity contribution in [2.75, 3.05) is 0 Å². The van der Waals surface area contributed by atoms with Crippen molar-refractivity contribution in [2.45, 2.75) is 70.7 Å². The van der Waals surface area contributed by atoms with E-state index in [0.717, 1.165) is 25.1 Å². The molecule has 0 amide bonds. The molecule has 3 fully saturated rings. The van der Waals surface area contributed by atoms with E-state index in [4.69, 9.17) is 9.72 Å². The molecule has 1 N–H and O–H groups in total. The fourth-order valence-corrected chi connectivity index (χ4v) is 5.12. The van der Waals surface area contributed by atoms with Gasteiger partial charge in [0.25, 0.3) is 5.56 Å². The molecule has 3 heterocycles. The first kappa shape index (κ1) is 15.4. The van der Waals surface area contributed by atoms with Crippen LogP contribution in [0.15, 0.2) is 9.59 Å². The van der Waals surface area contributed by atoms with Crippen molar-refractivity contribution in [1.29, 1.82) is 0 Å². The van der Waals surface area contributed by atoms with Gasteiger partial charge in [0, 0.05) is 19.0 Å². The second kappa shape index (κ2) is 5.30. The summed E-state index contributed by atoms with van der Waals surface area (Å²) in [5, 5.41) is 0. The van der Waals surface area contributed by atoms with Gasteiger partial charge in [-0.2, -0.15) is 0 Å². The molecule has 0 spiro atoms. The van der Waals surface area contributed by atoms with Gasteiger partial charge in [-0.3, -0.25) is 13.9 Å². The first-order valence-electron chi connectivity index (χ1n) is 9.52. The van der Waals surface area contributed by atoms with Gasteiger partial charge < -0.3 is 9.72 Å². The number of aromatic amines is 1. The first-order chi connectivity index (χ1) is 12.1. The van der Waals surface area contributed by atoms with Crippen LogP contribution in [0.1, 0.15) is 51.3 Å². The molecule has 2 bridgehead atoms. The van der Waals surface area contributed by atoms with Crippen LogP contribution < -0.4 is 11.2 Å². The quantitative estimate of drug-likeness (QED) is 0.835. The molecule has 1 saturated heterocycles. The van der Waals surface area contributed by atoms with Gasteiger partial charge >= 0.3 is 5.69 Å². The van der Waals surface area contributed by atoms with Gasteiger partial charge in [0.05, 0.1) is 12.2 Å². The lowest BCUT2D eigenvalue weighted by atomic mass is 9.88.